The average molecular weight is 190 g/mol. The van der Waals surface area contributed by atoms with Gasteiger partial charge in [0, 0.05) is 12.8 Å². The lowest BCUT2D eigenvalue weighted by molar-refractivity contribution is 0.114. The van der Waals surface area contributed by atoms with Crippen LogP contribution < -0.4 is 5.32 Å². The van der Waals surface area contributed by atoms with E-state index < -0.39 is 0 Å². The first-order chi connectivity index (χ1) is 6.77. The molecule has 0 aliphatic carbocycles. The Kier molecular flexibility index (Phi) is 3.96. The molecule has 0 aromatic heterocycles. The average Bonchev–Trinajstić information content (AvgIpc) is 2.26. The molecule has 0 amide bonds. The molecule has 0 radical (unpaired) electrons. The van der Waals surface area contributed by atoms with Gasteiger partial charge >= 0.3 is 0 Å². The number of nitriles is 1. The Morgan fingerprint density at radius 1 is 1.36 bits per heavy atom. The van der Waals surface area contributed by atoms with Crippen LogP contribution in [-0.2, 0) is 4.74 Å². The molecule has 0 saturated heterocycles. The highest BCUT2D eigenvalue weighted by Crippen LogP contribution is 2.09. The van der Waals surface area contributed by atoms with E-state index in [9.17, 15) is 0 Å². The molecule has 0 aliphatic heterocycles. The van der Waals surface area contributed by atoms with Gasteiger partial charge in [-0.1, -0.05) is 18.2 Å². The Labute approximate surface area is 84.3 Å². The highest BCUT2D eigenvalue weighted by molar-refractivity contribution is 5.45. The van der Waals surface area contributed by atoms with Gasteiger partial charge in [0.25, 0.3) is 0 Å². The number of anilines is 1. The predicted octanol–water partition coefficient (Wildman–Crippen LogP) is 2.03. The first-order valence-corrected chi connectivity index (χ1v) is 4.52. The lowest BCUT2D eigenvalue weighted by atomic mass is 10.2. The van der Waals surface area contributed by atoms with Crippen molar-refractivity contribution in [2.24, 2.45) is 0 Å². The van der Waals surface area contributed by atoms with E-state index in [-0.39, 0.29) is 12.1 Å². The monoisotopic (exact) mass is 190 g/mol. The van der Waals surface area contributed by atoms with Gasteiger partial charge in [0.1, 0.15) is 6.04 Å². The molecular formula is C11H14N2O. The van der Waals surface area contributed by atoms with Crippen LogP contribution in [0.15, 0.2) is 30.3 Å². The molecule has 2 atom stereocenters. The van der Waals surface area contributed by atoms with Gasteiger partial charge in [-0.2, -0.15) is 5.26 Å². The molecule has 0 bridgehead atoms. The van der Waals surface area contributed by atoms with Gasteiger partial charge in [0.05, 0.1) is 12.2 Å². The minimum atomic E-state index is -0.317. The van der Waals surface area contributed by atoms with Crippen molar-refractivity contribution in [2.45, 2.75) is 19.1 Å². The van der Waals surface area contributed by atoms with E-state index in [0.29, 0.717) is 0 Å². The Hall–Kier alpha value is -1.53. The van der Waals surface area contributed by atoms with Gasteiger partial charge in [-0.25, -0.2) is 0 Å². The number of rotatable bonds is 4. The third-order valence-electron chi connectivity index (χ3n) is 2.08. The molecular weight excluding hydrogens is 176 g/mol. The van der Waals surface area contributed by atoms with E-state index in [0.717, 1.165) is 5.69 Å². The molecule has 14 heavy (non-hydrogen) atoms. The highest BCUT2D eigenvalue weighted by atomic mass is 16.5. The normalized spacial score (nSPS) is 14.1. The summed E-state index contributed by atoms with van der Waals surface area (Å²) in [6.07, 6.45) is -0.125. The molecule has 1 aromatic carbocycles. The van der Waals surface area contributed by atoms with Crippen LogP contribution in [0, 0.1) is 11.3 Å². The number of nitrogens with zero attached hydrogens (tertiary/aromatic N) is 1. The number of ether oxygens (including phenoxy) is 1. The summed E-state index contributed by atoms with van der Waals surface area (Å²) in [7, 11) is 1.60. The molecule has 1 N–H and O–H groups in total. The lowest BCUT2D eigenvalue weighted by Gasteiger charge is -2.18. The van der Waals surface area contributed by atoms with Crippen molar-refractivity contribution < 1.29 is 4.74 Å². The quantitative estimate of drug-likeness (QED) is 0.790. The molecule has 0 saturated carbocycles. The van der Waals surface area contributed by atoms with E-state index in [1.807, 2.05) is 37.3 Å². The fraction of sp³-hybridized carbons (Fsp3) is 0.364. The summed E-state index contributed by atoms with van der Waals surface area (Å²) in [6.45, 7) is 1.86. The molecule has 0 spiro atoms. The smallest absolute Gasteiger partial charge is 0.140 e. The second-order valence-electron chi connectivity index (χ2n) is 3.06. The van der Waals surface area contributed by atoms with Gasteiger partial charge in [-0.15, -0.1) is 0 Å². The standard InChI is InChI=1S/C11H14N2O/c1-9(14-2)11(8-12)13-10-6-4-3-5-7-10/h3-7,9,11,13H,1-2H3. The van der Waals surface area contributed by atoms with E-state index in [4.69, 9.17) is 10.00 Å². The summed E-state index contributed by atoms with van der Waals surface area (Å²) in [5, 5.41) is 12.0. The number of benzene rings is 1. The van der Waals surface area contributed by atoms with Crippen molar-refractivity contribution in [3.63, 3.8) is 0 Å². The maximum atomic E-state index is 8.90. The number of hydrogen-bond acceptors (Lipinski definition) is 3. The van der Waals surface area contributed by atoms with Crippen molar-refractivity contribution in [3.8, 4) is 6.07 Å². The minimum absolute atomic E-state index is 0.125. The number of hydrogen-bond donors (Lipinski definition) is 1. The van der Waals surface area contributed by atoms with Crippen molar-refractivity contribution in [2.75, 3.05) is 12.4 Å². The molecule has 0 aliphatic rings. The van der Waals surface area contributed by atoms with Crippen LogP contribution in [0.4, 0.5) is 5.69 Å². The summed E-state index contributed by atoms with van der Waals surface area (Å²) in [5.41, 5.74) is 0.933. The van der Waals surface area contributed by atoms with Gasteiger partial charge < -0.3 is 10.1 Å². The maximum Gasteiger partial charge on any atom is 0.140 e. The summed E-state index contributed by atoms with van der Waals surface area (Å²) >= 11 is 0. The summed E-state index contributed by atoms with van der Waals surface area (Å²) in [6, 6.07) is 11.5. The first-order valence-electron chi connectivity index (χ1n) is 4.52. The van der Waals surface area contributed by atoms with Crippen LogP contribution >= 0.6 is 0 Å². The van der Waals surface area contributed by atoms with E-state index in [1.54, 1.807) is 7.11 Å². The zero-order valence-electron chi connectivity index (χ0n) is 8.40. The van der Waals surface area contributed by atoms with Crippen LogP contribution in [-0.4, -0.2) is 19.3 Å². The van der Waals surface area contributed by atoms with Gasteiger partial charge in [-0.3, -0.25) is 0 Å². The summed E-state index contributed by atoms with van der Waals surface area (Å²) < 4.78 is 5.09. The first kappa shape index (κ1) is 10.6. The van der Waals surface area contributed by atoms with E-state index in [2.05, 4.69) is 11.4 Å². The molecule has 3 nitrogen and oxygen atoms in total. The predicted molar refractivity (Wildman–Crippen MR) is 55.9 cm³/mol. The maximum absolute atomic E-state index is 8.90. The summed E-state index contributed by atoms with van der Waals surface area (Å²) in [4.78, 5) is 0. The van der Waals surface area contributed by atoms with Crippen LogP contribution in [0.3, 0.4) is 0 Å². The van der Waals surface area contributed by atoms with Crippen molar-refractivity contribution in [1.29, 1.82) is 5.26 Å². The van der Waals surface area contributed by atoms with E-state index in [1.165, 1.54) is 0 Å². The fourth-order valence-electron chi connectivity index (χ4n) is 1.10. The zero-order chi connectivity index (χ0) is 10.4. The largest absolute Gasteiger partial charge is 0.378 e. The van der Waals surface area contributed by atoms with Crippen molar-refractivity contribution >= 4 is 5.69 Å². The highest BCUT2D eigenvalue weighted by Gasteiger charge is 2.14. The fourth-order valence-corrected chi connectivity index (χ4v) is 1.10. The molecule has 2 unspecified atom stereocenters. The molecule has 3 heteroatoms. The van der Waals surface area contributed by atoms with Crippen molar-refractivity contribution in [3.05, 3.63) is 30.3 Å². The topological polar surface area (TPSA) is 45.0 Å². The molecule has 1 rings (SSSR count). The van der Waals surface area contributed by atoms with Gasteiger partial charge in [0.15, 0.2) is 0 Å². The van der Waals surface area contributed by atoms with Crippen LogP contribution in [0.2, 0.25) is 0 Å². The van der Waals surface area contributed by atoms with E-state index >= 15 is 0 Å². The van der Waals surface area contributed by atoms with Crippen LogP contribution in [0.25, 0.3) is 0 Å². The molecule has 1 aromatic rings. The number of methoxy groups -OCH3 is 1. The Balaban J connectivity index is 2.63. The van der Waals surface area contributed by atoms with Gasteiger partial charge in [0.2, 0.25) is 0 Å². The molecule has 0 heterocycles. The number of para-hydroxylation sites is 1. The third-order valence-corrected chi connectivity index (χ3v) is 2.08. The molecule has 74 valence electrons. The van der Waals surface area contributed by atoms with Crippen LogP contribution in [0.5, 0.6) is 0 Å². The lowest BCUT2D eigenvalue weighted by Crippen LogP contribution is -2.31. The second kappa shape index (κ2) is 5.25. The van der Waals surface area contributed by atoms with Crippen LogP contribution in [0.1, 0.15) is 6.92 Å². The Morgan fingerprint density at radius 3 is 2.50 bits per heavy atom. The SMILES string of the molecule is COC(C)C(C#N)Nc1ccccc1. The number of nitrogens with one attached hydrogen (secondary N) is 1. The zero-order valence-corrected chi connectivity index (χ0v) is 8.40. The van der Waals surface area contributed by atoms with Gasteiger partial charge in [-0.05, 0) is 19.1 Å². The third kappa shape index (κ3) is 2.75. The molecule has 0 fully saturated rings. The summed E-state index contributed by atoms with van der Waals surface area (Å²) in [5.74, 6) is 0. The second-order valence-corrected chi connectivity index (χ2v) is 3.06. The Bertz CT molecular complexity index is 305. The Morgan fingerprint density at radius 2 is 2.00 bits per heavy atom. The van der Waals surface area contributed by atoms with Crippen molar-refractivity contribution in [1.82, 2.24) is 0 Å². The minimum Gasteiger partial charge on any atom is -0.378 e.